The molecule has 25 heavy (non-hydrogen) atoms. The molecular formula is C16H24N6O3. The van der Waals surface area contributed by atoms with Crippen LogP contribution in [0.1, 0.15) is 29.0 Å². The van der Waals surface area contributed by atoms with Gasteiger partial charge in [0.1, 0.15) is 6.04 Å². The average molecular weight is 348 g/mol. The normalized spacial score (nSPS) is 19.7. The zero-order valence-corrected chi connectivity index (χ0v) is 14.6. The Morgan fingerprint density at radius 3 is 2.88 bits per heavy atom. The van der Waals surface area contributed by atoms with Gasteiger partial charge in [0.25, 0.3) is 5.91 Å². The van der Waals surface area contributed by atoms with E-state index in [0.29, 0.717) is 44.7 Å². The maximum Gasteiger partial charge on any atom is 0.271 e. The number of nitrogens with zero attached hydrogens (tertiary/aromatic N) is 4. The topological polar surface area (TPSA) is 99.6 Å². The van der Waals surface area contributed by atoms with E-state index in [9.17, 15) is 14.4 Å². The Balaban J connectivity index is 1.60. The highest BCUT2D eigenvalue weighted by Gasteiger charge is 2.32. The Labute approximate surface area is 146 Å². The molecule has 3 rings (SSSR count). The highest BCUT2D eigenvalue weighted by molar-refractivity contribution is 5.92. The number of amides is 3. The van der Waals surface area contributed by atoms with Gasteiger partial charge in [-0.05, 0) is 26.6 Å². The van der Waals surface area contributed by atoms with Gasteiger partial charge in [0.15, 0.2) is 5.69 Å². The van der Waals surface area contributed by atoms with Crippen LogP contribution in [0, 0.1) is 0 Å². The zero-order valence-electron chi connectivity index (χ0n) is 14.6. The standard InChI is InChI=1S/C16H24N6O3/c1-20(2)6-5-17-15(24)13-9-11-10-21(7-8-22(11)19-13)16(25)12-3-4-14(23)18-12/h9,12H,3-8,10H2,1-2H3,(H,17,24)(H,18,23)/t12-/m0/s1. The molecule has 136 valence electrons. The lowest BCUT2D eigenvalue weighted by Crippen LogP contribution is -2.47. The number of nitrogens with one attached hydrogen (secondary N) is 2. The fourth-order valence-electron chi connectivity index (χ4n) is 3.07. The summed E-state index contributed by atoms with van der Waals surface area (Å²) in [5, 5.41) is 9.88. The van der Waals surface area contributed by atoms with E-state index >= 15 is 0 Å². The number of likely N-dealkylation sites (N-methyl/N-ethyl adjacent to an activating group) is 1. The first kappa shape index (κ1) is 17.4. The highest BCUT2D eigenvalue weighted by Crippen LogP contribution is 2.17. The quantitative estimate of drug-likeness (QED) is 0.696. The first-order valence-corrected chi connectivity index (χ1v) is 8.52. The summed E-state index contributed by atoms with van der Waals surface area (Å²) in [7, 11) is 3.89. The first-order valence-electron chi connectivity index (χ1n) is 8.52. The molecule has 9 heteroatoms. The molecule has 2 aliphatic heterocycles. The number of aromatic nitrogens is 2. The predicted molar refractivity (Wildman–Crippen MR) is 89.7 cm³/mol. The van der Waals surface area contributed by atoms with Crippen molar-refractivity contribution in [1.82, 2.24) is 30.2 Å². The van der Waals surface area contributed by atoms with Crippen LogP contribution < -0.4 is 10.6 Å². The van der Waals surface area contributed by atoms with Gasteiger partial charge < -0.3 is 20.4 Å². The molecule has 1 aromatic rings. The van der Waals surface area contributed by atoms with Crippen LogP contribution in [0.15, 0.2) is 6.07 Å². The molecule has 1 fully saturated rings. The van der Waals surface area contributed by atoms with Crippen LogP contribution in [-0.4, -0.2) is 77.1 Å². The number of carbonyl (C=O) groups is 3. The van der Waals surface area contributed by atoms with Crippen molar-refractivity contribution in [2.24, 2.45) is 0 Å². The van der Waals surface area contributed by atoms with Gasteiger partial charge >= 0.3 is 0 Å². The molecule has 0 radical (unpaired) electrons. The maximum atomic E-state index is 12.5. The lowest BCUT2D eigenvalue weighted by molar-refractivity contribution is -0.135. The minimum Gasteiger partial charge on any atom is -0.349 e. The maximum absolute atomic E-state index is 12.5. The minimum absolute atomic E-state index is 0.0599. The molecule has 0 saturated carbocycles. The second-order valence-corrected chi connectivity index (χ2v) is 6.72. The molecule has 1 saturated heterocycles. The van der Waals surface area contributed by atoms with E-state index < -0.39 is 6.04 Å². The highest BCUT2D eigenvalue weighted by atomic mass is 16.2. The summed E-state index contributed by atoms with van der Waals surface area (Å²) in [6.45, 7) is 2.80. The third kappa shape index (κ3) is 3.98. The summed E-state index contributed by atoms with van der Waals surface area (Å²) in [6, 6.07) is 1.31. The van der Waals surface area contributed by atoms with Gasteiger partial charge in [-0.1, -0.05) is 0 Å². The van der Waals surface area contributed by atoms with Crippen molar-refractivity contribution in [1.29, 1.82) is 0 Å². The van der Waals surface area contributed by atoms with Gasteiger partial charge in [0.05, 0.1) is 18.8 Å². The number of carbonyl (C=O) groups excluding carboxylic acids is 3. The summed E-state index contributed by atoms with van der Waals surface area (Å²) >= 11 is 0. The van der Waals surface area contributed by atoms with E-state index in [0.717, 1.165) is 12.2 Å². The molecule has 2 aliphatic rings. The van der Waals surface area contributed by atoms with Gasteiger partial charge in [-0.15, -0.1) is 0 Å². The summed E-state index contributed by atoms with van der Waals surface area (Å²) in [5.41, 5.74) is 1.21. The summed E-state index contributed by atoms with van der Waals surface area (Å²) in [6.07, 6.45) is 0.951. The molecule has 0 aliphatic carbocycles. The second-order valence-electron chi connectivity index (χ2n) is 6.72. The third-order valence-corrected chi connectivity index (χ3v) is 4.48. The van der Waals surface area contributed by atoms with Crippen molar-refractivity contribution in [3.05, 3.63) is 17.5 Å². The van der Waals surface area contributed by atoms with Crippen LogP contribution in [0.4, 0.5) is 0 Å². The lowest BCUT2D eigenvalue weighted by Gasteiger charge is -2.29. The van der Waals surface area contributed by atoms with Gasteiger partial charge in [-0.3, -0.25) is 19.1 Å². The molecule has 0 spiro atoms. The van der Waals surface area contributed by atoms with Crippen LogP contribution in [0.2, 0.25) is 0 Å². The van der Waals surface area contributed by atoms with E-state index in [1.165, 1.54) is 0 Å². The molecule has 0 unspecified atom stereocenters. The van der Waals surface area contributed by atoms with E-state index in [-0.39, 0.29) is 17.7 Å². The van der Waals surface area contributed by atoms with Crippen LogP contribution >= 0.6 is 0 Å². The smallest absolute Gasteiger partial charge is 0.271 e. The van der Waals surface area contributed by atoms with Crippen LogP contribution in [0.5, 0.6) is 0 Å². The van der Waals surface area contributed by atoms with Crippen molar-refractivity contribution < 1.29 is 14.4 Å². The number of hydrogen-bond acceptors (Lipinski definition) is 5. The Morgan fingerprint density at radius 1 is 1.40 bits per heavy atom. The largest absolute Gasteiger partial charge is 0.349 e. The first-order chi connectivity index (χ1) is 11.9. The monoisotopic (exact) mass is 348 g/mol. The van der Waals surface area contributed by atoms with Gasteiger partial charge in [-0.2, -0.15) is 5.10 Å². The van der Waals surface area contributed by atoms with E-state index in [4.69, 9.17) is 0 Å². The van der Waals surface area contributed by atoms with Crippen molar-refractivity contribution in [3.63, 3.8) is 0 Å². The zero-order chi connectivity index (χ0) is 18.0. The van der Waals surface area contributed by atoms with E-state index in [1.54, 1.807) is 15.6 Å². The summed E-state index contributed by atoms with van der Waals surface area (Å²) in [4.78, 5) is 39.7. The Hall–Kier alpha value is -2.42. The fraction of sp³-hybridized carbons (Fsp3) is 0.625. The van der Waals surface area contributed by atoms with Gasteiger partial charge in [-0.25, -0.2) is 0 Å². The Bertz CT molecular complexity index is 683. The number of rotatable bonds is 5. The fourth-order valence-corrected chi connectivity index (χ4v) is 3.07. The van der Waals surface area contributed by atoms with Crippen molar-refractivity contribution in [2.75, 3.05) is 33.7 Å². The van der Waals surface area contributed by atoms with E-state index in [1.807, 2.05) is 19.0 Å². The van der Waals surface area contributed by atoms with Crippen LogP contribution in [-0.2, 0) is 22.7 Å². The van der Waals surface area contributed by atoms with Crippen molar-refractivity contribution in [2.45, 2.75) is 32.0 Å². The van der Waals surface area contributed by atoms with Crippen LogP contribution in [0.25, 0.3) is 0 Å². The minimum atomic E-state index is -0.421. The number of hydrogen-bond donors (Lipinski definition) is 2. The van der Waals surface area contributed by atoms with Gasteiger partial charge in [0, 0.05) is 26.1 Å². The molecule has 3 amide bonds. The molecule has 0 aromatic carbocycles. The molecule has 9 nitrogen and oxygen atoms in total. The van der Waals surface area contributed by atoms with E-state index in [2.05, 4.69) is 15.7 Å². The van der Waals surface area contributed by atoms with Crippen molar-refractivity contribution in [3.8, 4) is 0 Å². The molecule has 2 N–H and O–H groups in total. The summed E-state index contributed by atoms with van der Waals surface area (Å²) < 4.78 is 1.78. The van der Waals surface area contributed by atoms with Crippen molar-refractivity contribution >= 4 is 17.7 Å². The molecule has 1 atom stereocenters. The predicted octanol–water partition coefficient (Wildman–Crippen LogP) is -1.20. The second kappa shape index (κ2) is 7.22. The number of fused-ring (bicyclic) bond motifs is 1. The summed E-state index contributed by atoms with van der Waals surface area (Å²) in [5.74, 6) is -0.336. The molecular weight excluding hydrogens is 324 g/mol. The Kier molecular flexibility index (Phi) is 5.03. The van der Waals surface area contributed by atoms with Crippen LogP contribution in [0.3, 0.4) is 0 Å². The van der Waals surface area contributed by atoms with Gasteiger partial charge in [0.2, 0.25) is 11.8 Å². The SMILES string of the molecule is CN(C)CCNC(=O)c1cc2n(n1)CCN(C(=O)[C@@H]1CCC(=O)N1)C2. The molecule has 0 bridgehead atoms. The average Bonchev–Trinajstić information content (AvgIpc) is 3.19. The Morgan fingerprint density at radius 2 is 2.20 bits per heavy atom. The molecule has 3 heterocycles. The third-order valence-electron chi connectivity index (χ3n) is 4.48. The molecule has 1 aromatic heterocycles. The lowest BCUT2D eigenvalue weighted by atomic mass is 10.2.